The van der Waals surface area contributed by atoms with Crippen LogP contribution in [0.2, 0.25) is 5.02 Å². The Balaban J connectivity index is 1.95. The smallest absolute Gasteiger partial charge is 0.270 e. The summed E-state index contributed by atoms with van der Waals surface area (Å²) >= 11 is 6.17. The van der Waals surface area contributed by atoms with Crippen molar-refractivity contribution in [1.82, 2.24) is 4.90 Å². The van der Waals surface area contributed by atoms with Crippen molar-refractivity contribution in [2.45, 2.75) is 26.7 Å². The molecule has 0 saturated heterocycles. The van der Waals surface area contributed by atoms with Crippen LogP contribution < -0.4 is 5.32 Å². The Morgan fingerprint density at radius 2 is 1.68 bits per heavy atom. The molecule has 1 aliphatic carbocycles. The van der Waals surface area contributed by atoms with Gasteiger partial charge in [0.15, 0.2) is 5.78 Å². The van der Waals surface area contributed by atoms with Crippen LogP contribution >= 0.6 is 11.6 Å². The minimum absolute atomic E-state index is 0.0476. The molecule has 2 aromatic carbocycles. The van der Waals surface area contributed by atoms with E-state index in [1.165, 1.54) is 18.2 Å². The highest BCUT2D eigenvalue weighted by Crippen LogP contribution is 2.31. The third-order valence-electron chi connectivity index (χ3n) is 6.00. The van der Waals surface area contributed by atoms with Gasteiger partial charge in [-0.2, -0.15) is 0 Å². The SMILES string of the molecule is CCN(CC)C(=O)C1CC=CCC1C(=O)Nc1ccc([N+](=O)[O-])cc1C(=O)c1ccccc1Cl. The summed E-state index contributed by atoms with van der Waals surface area (Å²) in [6.07, 6.45) is 4.58. The Hall–Kier alpha value is -3.52. The van der Waals surface area contributed by atoms with E-state index in [9.17, 15) is 24.5 Å². The van der Waals surface area contributed by atoms with Crippen LogP contribution in [0.15, 0.2) is 54.6 Å². The molecule has 0 spiro atoms. The lowest BCUT2D eigenvalue weighted by molar-refractivity contribution is -0.384. The fraction of sp³-hybridized carbons (Fsp3) is 0.320. The summed E-state index contributed by atoms with van der Waals surface area (Å²) < 4.78 is 0. The van der Waals surface area contributed by atoms with Gasteiger partial charge in [0.05, 0.1) is 33.0 Å². The first-order valence-electron chi connectivity index (χ1n) is 11.1. The minimum atomic E-state index is -0.628. The van der Waals surface area contributed by atoms with Gasteiger partial charge in [-0.3, -0.25) is 24.5 Å². The number of benzene rings is 2. The summed E-state index contributed by atoms with van der Waals surface area (Å²) in [7, 11) is 0. The third-order valence-corrected chi connectivity index (χ3v) is 6.33. The van der Waals surface area contributed by atoms with Crippen molar-refractivity contribution in [3.63, 3.8) is 0 Å². The number of nitro groups is 1. The van der Waals surface area contributed by atoms with Gasteiger partial charge in [-0.15, -0.1) is 0 Å². The molecule has 1 N–H and O–H groups in total. The average molecular weight is 484 g/mol. The molecular weight excluding hydrogens is 458 g/mol. The molecule has 0 heterocycles. The monoisotopic (exact) mass is 483 g/mol. The van der Waals surface area contributed by atoms with Crippen LogP contribution in [-0.4, -0.2) is 40.5 Å². The lowest BCUT2D eigenvalue weighted by atomic mass is 9.81. The van der Waals surface area contributed by atoms with Crippen molar-refractivity contribution >= 4 is 40.6 Å². The number of amides is 2. The number of anilines is 1. The van der Waals surface area contributed by atoms with E-state index in [0.29, 0.717) is 25.9 Å². The lowest BCUT2D eigenvalue weighted by Crippen LogP contribution is -2.43. The number of carbonyl (C=O) groups is 3. The number of hydrogen-bond donors (Lipinski definition) is 1. The van der Waals surface area contributed by atoms with Gasteiger partial charge in [-0.1, -0.05) is 35.9 Å². The van der Waals surface area contributed by atoms with Gasteiger partial charge in [0, 0.05) is 30.8 Å². The summed E-state index contributed by atoms with van der Waals surface area (Å²) in [6, 6.07) is 10.0. The maximum Gasteiger partial charge on any atom is 0.270 e. The topological polar surface area (TPSA) is 110 Å². The van der Waals surface area contributed by atoms with Crippen LogP contribution in [0.4, 0.5) is 11.4 Å². The number of nitro benzene ring substituents is 1. The largest absolute Gasteiger partial charge is 0.343 e. The summed E-state index contributed by atoms with van der Waals surface area (Å²) in [5.74, 6) is -2.21. The zero-order valence-electron chi connectivity index (χ0n) is 19.0. The predicted molar refractivity (Wildman–Crippen MR) is 130 cm³/mol. The molecular formula is C25H26ClN3O5. The third kappa shape index (κ3) is 5.34. The molecule has 178 valence electrons. The fourth-order valence-electron chi connectivity index (χ4n) is 4.11. The molecule has 2 amide bonds. The Bertz CT molecular complexity index is 1140. The maximum absolute atomic E-state index is 13.3. The number of rotatable bonds is 8. The number of nitrogens with zero attached hydrogens (tertiary/aromatic N) is 2. The quantitative estimate of drug-likeness (QED) is 0.249. The molecule has 2 unspecified atom stereocenters. The highest BCUT2D eigenvalue weighted by atomic mass is 35.5. The minimum Gasteiger partial charge on any atom is -0.343 e. The van der Waals surface area contributed by atoms with Crippen LogP contribution in [-0.2, 0) is 9.59 Å². The van der Waals surface area contributed by atoms with E-state index in [0.717, 1.165) is 6.07 Å². The molecule has 1 aliphatic rings. The Labute approximate surface area is 202 Å². The number of carbonyl (C=O) groups excluding carboxylic acids is 3. The van der Waals surface area contributed by atoms with Crippen LogP contribution in [0.3, 0.4) is 0 Å². The molecule has 2 aromatic rings. The van der Waals surface area contributed by atoms with Crippen molar-refractivity contribution in [3.05, 3.63) is 80.9 Å². The highest BCUT2D eigenvalue weighted by molar-refractivity contribution is 6.35. The first-order valence-corrected chi connectivity index (χ1v) is 11.5. The number of non-ortho nitro benzene ring substituents is 1. The van der Waals surface area contributed by atoms with Gasteiger partial charge in [-0.05, 0) is 44.9 Å². The van der Waals surface area contributed by atoms with Crippen molar-refractivity contribution in [2.24, 2.45) is 11.8 Å². The fourth-order valence-corrected chi connectivity index (χ4v) is 4.33. The van der Waals surface area contributed by atoms with E-state index in [2.05, 4.69) is 5.32 Å². The molecule has 34 heavy (non-hydrogen) atoms. The van der Waals surface area contributed by atoms with Gasteiger partial charge >= 0.3 is 0 Å². The van der Waals surface area contributed by atoms with E-state index < -0.39 is 28.4 Å². The molecule has 0 fully saturated rings. The van der Waals surface area contributed by atoms with Gasteiger partial charge in [-0.25, -0.2) is 0 Å². The van der Waals surface area contributed by atoms with E-state index in [1.807, 2.05) is 26.0 Å². The molecule has 0 saturated carbocycles. The summed E-state index contributed by atoms with van der Waals surface area (Å²) in [4.78, 5) is 51.9. The lowest BCUT2D eigenvalue weighted by Gasteiger charge is -2.31. The number of ketones is 1. The van der Waals surface area contributed by atoms with E-state index in [4.69, 9.17) is 11.6 Å². The number of hydrogen-bond acceptors (Lipinski definition) is 5. The molecule has 9 heteroatoms. The van der Waals surface area contributed by atoms with Crippen molar-refractivity contribution < 1.29 is 19.3 Å². The second-order valence-electron chi connectivity index (χ2n) is 7.95. The van der Waals surface area contributed by atoms with Crippen molar-refractivity contribution in [3.8, 4) is 0 Å². The average Bonchev–Trinajstić information content (AvgIpc) is 2.84. The second kappa shape index (κ2) is 11.1. The van der Waals surface area contributed by atoms with Crippen LogP contribution in [0.5, 0.6) is 0 Å². The zero-order valence-corrected chi connectivity index (χ0v) is 19.7. The first kappa shape index (κ1) is 25.1. The number of halogens is 1. The molecule has 0 bridgehead atoms. The molecule has 3 rings (SSSR count). The van der Waals surface area contributed by atoms with Crippen LogP contribution in [0, 0.1) is 22.0 Å². The molecule has 0 aliphatic heterocycles. The second-order valence-corrected chi connectivity index (χ2v) is 8.36. The van der Waals surface area contributed by atoms with E-state index >= 15 is 0 Å². The van der Waals surface area contributed by atoms with Crippen molar-refractivity contribution in [2.75, 3.05) is 18.4 Å². The Morgan fingerprint density at radius 1 is 1.03 bits per heavy atom. The van der Waals surface area contributed by atoms with Crippen LogP contribution in [0.1, 0.15) is 42.6 Å². The Kier molecular flexibility index (Phi) is 8.17. The maximum atomic E-state index is 13.3. The zero-order chi connectivity index (χ0) is 24.8. The van der Waals surface area contributed by atoms with E-state index in [-0.39, 0.29) is 33.4 Å². The van der Waals surface area contributed by atoms with Gasteiger partial charge < -0.3 is 10.2 Å². The first-order chi connectivity index (χ1) is 16.3. The normalized spacial score (nSPS) is 17.1. The molecule has 0 aromatic heterocycles. The summed E-state index contributed by atoms with van der Waals surface area (Å²) in [5, 5.41) is 14.3. The highest BCUT2D eigenvalue weighted by Gasteiger charge is 2.36. The van der Waals surface area contributed by atoms with Crippen LogP contribution in [0.25, 0.3) is 0 Å². The van der Waals surface area contributed by atoms with Crippen molar-refractivity contribution in [1.29, 1.82) is 0 Å². The standard InChI is InChI=1S/C25H26ClN3O5/c1-3-28(4-2)25(32)18-10-6-5-9-17(18)24(31)27-22-14-13-16(29(33)34)15-20(22)23(30)19-11-7-8-12-21(19)26/h5-8,11-15,17-18H,3-4,9-10H2,1-2H3,(H,27,31). The van der Waals surface area contributed by atoms with E-state index in [1.54, 1.807) is 23.1 Å². The number of nitrogens with one attached hydrogen (secondary N) is 1. The predicted octanol–water partition coefficient (Wildman–Crippen LogP) is 4.87. The molecule has 2 atom stereocenters. The van der Waals surface area contributed by atoms with Gasteiger partial charge in [0.1, 0.15) is 0 Å². The van der Waals surface area contributed by atoms with Gasteiger partial charge in [0.2, 0.25) is 11.8 Å². The number of allylic oxidation sites excluding steroid dienone is 2. The van der Waals surface area contributed by atoms with Gasteiger partial charge in [0.25, 0.3) is 5.69 Å². The summed E-state index contributed by atoms with van der Waals surface area (Å²) in [6.45, 7) is 4.86. The Morgan fingerprint density at radius 3 is 2.29 bits per heavy atom. The molecule has 0 radical (unpaired) electrons. The summed E-state index contributed by atoms with van der Waals surface area (Å²) in [5.41, 5.74) is -0.0447. The molecule has 8 nitrogen and oxygen atoms in total.